The molecule has 60 heavy (non-hydrogen) atoms. The third-order valence-corrected chi connectivity index (χ3v) is 12.1. The summed E-state index contributed by atoms with van der Waals surface area (Å²) in [5.41, 5.74) is 16.0. The van der Waals surface area contributed by atoms with Crippen molar-refractivity contribution in [3.05, 3.63) is 224 Å². The Bertz CT molecular complexity index is 3590. The summed E-state index contributed by atoms with van der Waals surface area (Å²) in [5.74, 6) is 0. The lowest BCUT2D eigenvalue weighted by molar-refractivity contribution is 1.18. The highest BCUT2D eigenvalue weighted by atomic mass is 15.0. The van der Waals surface area contributed by atoms with Crippen LogP contribution in [0.15, 0.2) is 224 Å². The minimum absolute atomic E-state index is 0.955. The van der Waals surface area contributed by atoms with Gasteiger partial charge in [0.1, 0.15) is 0 Å². The van der Waals surface area contributed by atoms with Crippen LogP contribution < -0.4 is 0 Å². The molecule has 0 fully saturated rings. The first-order valence-electron chi connectivity index (χ1n) is 20.5. The van der Waals surface area contributed by atoms with Gasteiger partial charge in [0.2, 0.25) is 0 Å². The summed E-state index contributed by atoms with van der Waals surface area (Å²) >= 11 is 0. The van der Waals surface area contributed by atoms with E-state index in [0.29, 0.717) is 0 Å². The van der Waals surface area contributed by atoms with Crippen LogP contribution >= 0.6 is 0 Å². The first-order valence-corrected chi connectivity index (χ1v) is 20.5. The summed E-state index contributed by atoms with van der Waals surface area (Å²) in [7, 11) is 0. The summed E-state index contributed by atoms with van der Waals surface area (Å²) in [6.07, 6.45) is 0. The second-order valence-electron chi connectivity index (χ2n) is 15.6. The lowest BCUT2D eigenvalue weighted by Crippen LogP contribution is -1.95. The molecule has 0 radical (unpaired) electrons. The summed E-state index contributed by atoms with van der Waals surface area (Å²) in [4.78, 5) is 5.08. The fourth-order valence-corrected chi connectivity index (χ4v) is 9.20. The van der Waals surface area contributed by atoms with Crippen LogP contribution in [0.3, 0.4) is 0 Å². The molecule has 9 aromatic carbocycles. The van der Waals surface area contributed by atoms with Crippen molar-refractivity contribution in [3.63, 3.8) is 0 Å². The molecule has 3 heteroatoms. The van der Waals surface area contributed by atoms with Crippen LogP contribution in [0.2, 0.25) is 0 Å². The molecule has 0 aliphatic rings. The van der Waals surface area contributed by atoms with Gasteiger partial charge in [-0.25, -0.2) is 4.98 Å². The molecule has 0 saturated heterocycles. The van der Waals surface area contributed by atoms with Crippen LogP contribution in [-0.4, -0.2) is 14.1 Å². The molecule has 3 heterocycles. The molecule has 12 rings (SSSR count). The maximum Gasteiger partial charge on any atom is 0.0710 e. The number of aromatic nitrogens is 3. The Kier molecular flexibility index (Phi) is 7.85. The van der Waals surface area contributed by atoms with Crippen LogP contribution in [0, 0.1) is 0 Å². The van der Waals surface area contributed by atoms with E-state index in [1.54, 1.807) is 0 Å². The number of hydrogen-bond donors (Lipinski definition) is 0. The van der Waals surface area contributed by atoms with Crippen LogP contribution in [0.25, 0.3) is 111 Å². The van der Waals surface area contributed by atoms with Crippen molar-refractivity contribution in [2.75, 3.05) is 0 Å². The number of nitrogens with zero attached hydrogens (tertiary/aromatic N) is 3. The zero-order valence-corrected chi connectivity index (χ0v) is 32.7. The Morgan fingerprint density at radius 2 is 0.750 bits per heavy atom. The molecule has 0 bridgehead atoms. The Balaban J connectivity index is 0.933. The normalized spacial score (nSPS) is 11.7. The summed E-state index contributed by atoms with van der Waals surface area (Å²) < 4.78 is 4.79. The maximum atomic E-state index is 5.08. The van der Waals surface area contributed by atoms with Gasteiger partial charge < -0.3 is 9.13 Å². The van der Waals surface area contributed by atoms with E-state index in [1.807, 2.05) is 6.07 Å². The van der Waals surface area contributed by atoms with Crippen LogP contribution in [0.4, 0.5) is 0 Å². The molecule has 3 nitrogen and oxygen atoms in total. The van der Waals surface area contributed by atoms with E-state index >= 15 is 0 Å². The highest BCUT2D eigenvalue weighted by Gasteiger charge is 2.17. The number of para-hydroxylation sites is 2. The highest BCUT2D eigenvalue weighted by Crippen LogP contribution is 2.39. The Hall–Kier alpha value is -8.01. The standard InChI is InChI=1S/C57H37N3/c1-2-13-40(14-3-1)52-20-11-21-53(58-52)45-16-10-17-47(35-45)60-55-23-9-7-19-49(55)51-37-44(29-33-57(51)60)43-28-32-56-50(36-43)48-18-6-8-22-54(48)59(56)46-30-26-39(27-31-46)42-25-24-38-12-4-5-15-41(38)34-42/h1-37H. The average molecular weight is 764 g/mol. The quantitative estimate of drug-likeness (QED) is 0.165. The number of rotatable bonds is 6. The molecule has 0 aliphatic carbocycles. The van der Waals surface area contributed by atoms with Gasteiger partial charge in [0.05, 0.1) is 33.5 Å². The van der Waals surface area contributed by atoms with E-state index in [2.05, 4.69) is 228 Å². The van der Waals surface area contributed by atoms with Gasteiger partial charge in [-0.2, -0.15) is 0 Å². The Labute approximate surface area is 347 Å². The molecule has 0 spiro atoms. The van der Waals surface area contributed by atoms with Gasteiger partial charge >= 0.3 is 0 Å². The first kappa shape index (κ1) is 34.1. The molecular formula is C57H37N3. The Morgan fingerprint density at radius 3 is 1.45 bits per heavy atom. The molecule has 280 valence electrons. The molecule has 0 atom stereocenters. The van der Waals surface area contributed by atoms with Gasteiger partial charge in [-0.15, -0.1) is 0 Å². The first-order chi connectivity index (χ1) is 29.7. The molecule has 0 N–H and O–H groups in total. The van der Waals surface area contributed by atoms with Crippen molar-refractivity contribution in [1.82, 2.24) is 14.1 Å². The zero-order chi connectivity index (χ0) is 39.6. The van der Waals surface area contributed by atoms with Crippen molar-refractivity contribution in [1.29, 1.82) is 0 Å². The van der Waals surface area contributed by atoms with Crippen molar-refractivity contribution in [3.8, 4) is 56.1 Å². The van der Waals surface area contributed by atoms with Gasteiger partial charge in [-0.1, -0.05) is 146 Å². The van der Waals surface area contributed by atoms with Crippen LogP contribution in [0.1, 0.15) is 0 Å². The summed E-state index contributed by atoms with van der Waals surface area (Å²) in [5, 5.41) is 7.46. The van der Waals surface area contributed by atoms with E-state index in [1.165, 1.54) is 76.6 Å². The number of fused-ring (bicyclic) bond motifs is 7. The van der Waals surface area contributed by atoms with Gasteiger partial charge in [-0.3, -0.25) is 0 Å². The van der Waals surface area contributed by atoms with Gasteiger partial charge in [0.25, 0.3) is 0 Å². The largest absolute Gasteiger partial charge is 0.309 e. The molecule has 12 aromatic rings. The monoisotopic (exact) mass is 763 g/mol. The van der Waals surface area contributed by atoms with Crippen molar-refractivity contribution in [2.45, 2.75) is 0 Å². The molecule has 0 amide bonds. The third-order valence-electron chi connectivity index (χ3n) is 12.1. The SMILES string of the molecule is c1ccc(-c2cccc(-c3cccc(-n4c5ccccc5c5cc(-c6ccc7c(c6)c6ccccc6n7-c6ccc(-c7ccc8ccccc8c7)cc6)ccc54)c3)n2)cc1. The van der Waals surface area contributed by atoms with Gasteiger partial charge in [0, 0.05) is 44.0 Å². The lowest BCUT2D eigenvalue weighted by Gasteiger charge is -2.11. The average Bonchev–Trinajstić information content (AvgIpc) is 3.84. The predicted molar refractivity (Wildman–Crippen MR) is 252 cm³/mol. The lowest BCUT2D eigenvalue weighted by atomic mass is 10.0. The second-order valence-corrected chi connectivity index (χ2v) is 15.6. The second kappa shape index (κ2) is 13.8. The topological polar surface area (TPSA) is 22.8 Å². The number of hydrogen-bond acceptors (Lipinski definition) is 1. The van der Waals surface area contributed by atoms with E-state index in [4.69, 9.17) is 4.98 Å². The minimum Gasteiger partial charge on any atom is -0.309 e. The fraction of sp³-hybridized carbons (Fsp3) is 0. The molecule has 0 saturated carbocycles. The van der Waals surface area contributed by atoms with Crippen molar-refractivity contribution < 1.29 is 0 Å². The number of benzene rings is 9. The van der Waals surface area contributed by atoms with E-state index in [-0.39, 0.29) is 0 Å². The summed E-state index contributed by atoms with van der Waals surface area (Å²) in [6.45, 7) is 0. The molecule has 0 aliphatic heterocycles. The molecule has 3 aromatic heterocycles. The van der Waals surface area contributed by atoms with Gasteiger partial charge in [0.15, 0.2) is 0 Å². The molecular weight excluding hydrogens is 727 g/mol. The fourth-order valence-electron chi connectivity index (χ4n) is 9.20. The predicted octanol–water partition coefficient (Wildman–Crippen LogP) is 15.1. The zero-order valence-electron chi connectivity index (χ0n) is 32.7. The van der Waals surface area contributed by atoms with Crippen molar-refractivity contribution >= 4 is 54.4 Å². The summed E-state index contributed by atoms with van der Waals surface area (Å²) in [6, 6.07) is 81.1. The smallest absolute Gasteiger partial charge is 0.0710 e. The van der Waals surface area contributed by atoms with E-state index in [9.17, 15) is 0 Å². The molecule has 0 unspecified atom stereocenters. The highest BCUT2D eigenvalue weighted by molar-refractivity contribution is 6.12. The van der Waals surface area contributed by atoms with E-state index in [0.717, 1.165) is 33.9 Å². The van der Waals surface area contributed by atoms with E-state index < -0.39 is 0 Å². The van der Waals surface area contributed by atoms with Crippen LogP contribution in [-0.2, 0) is 0 Å². The maximum absolute atomic E-state index is 5.08. The minimum atomic E-state index is 0.955. The third kappa shape index (κ3) is 5.63. The van der Waals surface area contributed by atoms with Crippen LogP contribution in [0.5, 0.6) is 0 Å². The van der Waals surface area contributed by atoms with Crippen molar-refractivity contribution in [2.24, 2.45) is 0 Å². The van der Waals surface area contributed by atoms with Gasteiger partial charge in [-0.05, 0) is 112 Å². The Morgan fingerprint density at radius 1 is 0.250 bits per heavy atom. The number of pyridine rings is 1.